The summed E-state index contributed by atoms with van der Waals surface area (Å²) in [7, 11) is 1.74. The monoisotopic (exact) mass is 389 g/mol. The Kier molecular flexibility index (Phi) is 5.03. The molecular weight excluding hydrogens is 366 g/mol. The van der Waals surface area contributed by atoms with Crippen LogP contribution in [0.25, 0.3) is 16.6 Å². The highest BCUT2D eigenvalue weighted by Crippen LogP contribution is 2.31. The highest BCUT2D eigenvalue weighted by Gasteiger charge is 2.32. The Labute approximate surface area is 169 Å². The number of imidazole rings is 1. The van der Waals surface area contributed by atoms with Crippen LogP contribution in [0.4, 0.5) is 0 Å². The second-order valence-electron chi connectivity index (χ2n) is 7.71. The standard InChI is InChI=1S/C22H23N5O2/c1-22(29-2)8-6-16(7-9-22)25-21(28)20-17-5-3-4-15(13-23)18(17)12-19(26-20)27-11-10-24-14-27/h3-5,10-12,14,16H,6-9H2,1-2H3,(H,25,28). The van der Waals surface area contributed by atoms with Gasteiger partial charge in [0.25, 0.3) is 5.91 Å². The van der Waals surface area contributed by atoms with Crippen molar-refractivity contribution < 1.29 is 9.53 Å². The number of pyridine rings is 1. The number of rotatable bonds is 4. The van der Waals surface area contributed by atoms with Gasteiger partial charge in [0, 0.05) is 36.3 Å². The van der Waals surface area contributed by atoms with E-state index in [2.05, 4.69) is 28.3 Å². The number of carbonyl (C=O) groups excluding carboxylic acids is 1. The van der Waals surface area contributed by atoms with E-state index in [1.54, 1.807) is 42.5 Å². The molecule has 0 radical (unpaired) electrons. The molecule has 0 saturated heterocycles. The first-order valence-corrected chi connectivity index (χ1v) is 9.71. The molecule has 0 unspecified atom stereocenters. The Morgan fingerprint density at radius 2 is 2.14 bits per heavy atom. The smallest absolute Gasteiger partial charge is 0.270 e. The maximum atomic E-state index is 13.2. The van der Waals surface area contributed by atoms with Crippen LogP contribution in [0.2, 0.25) is 0 Å². The van der Waals surface area contributed by atoms with Gasteiger partial charge in [-0.2, -0.15) is 5.26 Å². The predicted molar refractivity (Wildman–Crippen MR) is 109 cm³/mol. The zero-order chi connectivity index (χ0) is 20.4. The lowest BCUT2D eigenvalue weighted by molar-refractivity contribution is -0.0287. The van der Waals surface area contributed by atoms with Gasteiger partial charge in [-0.15, -0.1) is 0 Å². The number of nitrogens with one attached hydrogen (secondary N) is 1. The van der Waals surface area contributed by atoms with Gasteiger partial charge in [0.05, 0.1) is 17.2 Å². The minimum Gasteiger partial charge on any atom is -0.379 e. The molecule has 7 nitrogen and oxygen atoms in total. The summed E-state index contributed by atoms with van der Waals surface area (Å²) in [5.74, 6) is 0.330. The lowest BCUT2D eigenvalue weighted by atomic mass is 9.83. The topological polar surface area (TPSA) is 92.8 Å². The number of aromatic nitrogens is 3. The molecule has 1 fully saturated rings. The zero-order valence-corrected chi connectivity index (χ0v) is 16.6. The minimum atomic E-state index is -0.224. The van der Waals surface area contributed by atoms with E-state index in [-0.39, 0.29) is 17.6 Å². The molecule has 1 aromatic carbocycles. The summed E-state index contributed by atoms with van der Waals surface area (Å²) in [6.45, 7) is 2.11. The number of nitrogens with zero attached hydrogens (tertiary/aromatic N) is 4. The van der Waals surface area contributed by atoms with Crippen molar-refractivity contribution in [1.82, 2.24) is 19.9 Å². The first-order chi connectivity index (χ1) is 14.0. The van der Waals surface area contributed by atoms with Gasteiger partial charge in [0.2, 0.25) is 0 Å². The van der Waals surface area contributed by atoms with Crippen molar-refractivity contribution in [2.45, 2.75) is 44.2 Å². The summed E-state index contributed by atoms with van der Waals surface area (Å²) in [6.07, 6.45) is 8.55. The lowest BCUT2D eigenvalue weighted by Crippen LogP contribution is -2.43. The first kappa shape index (κ1) is 19.1. The third kappa shape index (κ3) is 3.71. The molecule has 29 heavy (non-hydrogen) atoms. The van der Waals surface area contributed by atoms with Crippen molar-refractivity contribution >= 4 is 16.7 Å². The van der Waals surface area contributed by atoms with Crippen LogP contribution < -0.4 is 5.32 Å². The van der Waals surface area contributed by atoms with Gasteiger partial charge < -0.3 is 10.1 Å². The van der Waals surface area contributed by atoms with Crippen molar-refractivity contribution in [3.8, 4) is 11.9 Å². The highest BCUT2D eigenvalue weighted by atomic mass is 16.5. The summed E-state index contributed by atoms with van der Waals surface area (Å²) < 4.78 is 7.32. The first-order valence-electron chi connectivity index (χ1n) is 9.71. The van der Waals surface area contributed by atoms with Crippen LogP contribution in [-0.2, 0) is 4.74 Å². The van der Waals surface area contributed by atoms with Crippen LogP contribution in [0.15, 0.2) is 43.0 Å². The Morgan fingerprint density at radius 1 is 1.34 bits per heavy atom. The van der Waals surface area contributed by atoms with Gasteiger partial charge in [-0.05, 0) is 44.7 Å². The molecule has 3 aromatic rings. The number of methoxy groups -OCH3 is 1. The van der Waals surface area contributed by atoms with Crippen molar-refractivity contribution in [2.24, 2.45) is 0 Å². The number of benzene rings is 1. The number of nitriles is 1. The van der Waals surface area contributed by atoms with Crippen LogP contribution in [0, 0.1) is 11.3 Å². The third-order valence-corrected chi connectivity index (χ3v) is 5.84. The van der Waals surface area contributed by atoms with Gasteiger partial charge >= 0.3 is 0 Å². The molecule has 0 aliphatic heterocycles. The van der Waals surface area contributed by atoms with E-state index < -0.39 is 0 Å². The molecule has 0 atom stereocenters. The second kappa shape index (κ2) is 7.64. The molecule has 2 aromatic heterocycles. The molecule has 7 heteroatoms. The maximum absolute atomic E-state index is 13.2. The third-order valence-electron chi connectivity index (χ3n) is 5.84. The van der Waals surface area contributed by atoms with Gasteiger partial charge in [-0.1, -0.05) is 12.1 Å². The normalized spacial score (nSPS) is 21.6. The van der Waals surface area contributed by atoms with E-state index in [0.717, 1.165) is 25.7 Å². The molecule has 0 bridgehead atoms. The fourth-order valence-electron chi connectivity index (χ4n) is 3.89. The summed E-state index contributed by atoms with van der Waals surface area (Å²) >= 11 is 0. The van der Waals surface area contributed by atoms with Crippen molar-refractivity contribution in [3.05, 3.63) is 54.2 Å². The molecule has 1 amide bonds. The Morgan fingerprint density at radius 3 is 2.79 bits per heavy atom. The predicted octanol–water partition coefficient (Wildman–Crippen LogP) is 3.37. The van der Waals surface area contributed by atoms with Crippen molar-refractivity contribution in [2.75, 3.05) is 7.11 Å². The molecule has 4 rings (SSSR count). The summed E-state index contributed by atoms with van der Waals surface area (Å²) in [5, 5.41) is 14.0. The molecule has 0 spiro atoms. The average molecular weight is 389 g/mol. The number of amides is 1. The van der Waals surface area contributed by atoms with Crippen molar-refractivity contribution in [3.63, 3.8) is 0 Å². The second-order valence-corrected chi connectivity index (χ2v) is 7.71. The van der Waals surface area contributed by atoms with E-state index in [9.17, 15) is 10.1 Å². The van der Waals surface area contributed by atoms with Crippen LogP contribution in [0.1, 0.15) is 48.7 Å². The van der Waals surface area contributed by atoms with Crippen LogP contribution in [0.5, 0.6) is 0 Å². The summed E-state index contributed by atoms with van der Waals surface area (Å²) in [4.78, 5) is 21.8. The van der Waals surface area contributed by atoms with E-state index in [0.29, 0.717) is 27.8 Å². The lowest BCUT2D eigenvalue weighted by Gasteiger charge is -2.36. The van der Waals surface area contributed by atoms with Crippen LogP contribution in [0.3, 0.4) is 0 Å². The Bertz CT molecular complexity index is 1080. The van der Waals surface area contributed by atoms with Gasteiger partial charge in [0.15, 0.2) is 0 Å². The van der Waals surface area contributed by atoms with E-state index in [4.69, 9.17) is 4.74 Å². The molecule has 2 heterocycles. The highest BCUT2D eigenvalue weighted by molar-refractivity contribution is 6.07. The van der Waals surface area contributed by atoms with E-state index in [1.165, 1.54) is 0 Å². The number of fused-ring (bicyclic) bond motifs is 1. The quantitative estimate of drug-likeness (QED) is 0.738. The number of carbonyl (C=O) groups is 1. The molecule has 1 aliphatic carbocycles. The molecule has 1 saturated carbocycles. The SMILES string of the molecule is COC1(C)CCC(NC(=O)c2nc(-n3ccnc3)cc3c(C#N)cccc23)CC1. The number of hydrogen-bond acceptors (Lipinski definition) is 5. The summed E-state index contributed by atoms with van der Waals surface area (Å²) in [5.41, 5.74) is 0.715. The van der Waals surface area contributed by atoms with E-state index >= 15 is 0 Å². The fraction of sp³-hybridized carbons (Fsp3) is 0.364. The van der Waals surface area contributed by atoms with E-state index in [1.807, 2.05) is 12.1 Å². The fourth-order valence-corrected chi connectivity index (χ4v) is 3.89. The molecule has 148 valence electrons. The molecule has 1 N–H and O–H groups in total. The largest absolute Gasteiger partial charge is 0.379 e. The average Bonchev–Trinajstić information content (AvgIpc) is 3.29. The molecule has 1 aliphatic rings. The Balaban J connectivity index is 1.69. The number of hydrogen-bond donors (Lipinski definition) is 1. The molecular formula is C22H23N5O2. The van der Waals surface area contributed by atoms with Gasteiger partial charge in [-0.25, -0.2) is 9.97 Å². The summed E-state index contributed by atoms with van der Waals surface area (Å²) in [6, 6.07) is 9.46. The van der Waals surface area contributed by atoms with Crippen LogP contribution >= 0.6 is 0 Å². The maximum Gasteiger partial charge on any atom is 0.270 e. The Hall–Kier alpha value is -3.24. The van der Waals surface area contributed by atoms with Crippen LogP contribution in [-0.4, -0.2) is 39.2 Å². The number of ether oxygens (including phenoxy) is 1. The van der Waals surface area contributed by atoms with Gasteiger partial charge in [0.1, 0.15) is 17.8 Å². The van der Waals surface area contributed by atoms with Gasteiger partial charge in [-0.3, -0.25) is 9.36 Å². The minimum absolute atomic E-state index is 0.0821. The zero-order valence-electron chi connectivity index (χ0n) is 16.6. The van der Waals surface area contributed by atoms with Crippen molar-refractivity contribution in [1.29, 1.82) is 5.26 Å².